The van der Waals surface area contributed by atoms with Gasteiger partial charge in [0.25, 0.3) is 17.5 Å². The largest absolute Gasteiger partial charge is 0.403 e. The average molecular weight is 464 g/mol. The second kappa shape index (κ2) is 9.28. The fourth-order valence-corrected chi connectivity index (χ4v) is 3.01. The monoisotopic (exact) mass is 463 g/mol. The first-order chi connectivity index (χ1) is 15.9. The summed E-state index contributed by atoms with van der Waals surface area (Å²) in [7, 11) is 0. The summed E-state index contributed by atoms with van der Waals surface area (Å²) in [4.78, 5) is 35.0. The van der Waals surface area contributed by atoms with Gasteiger partial charge < -0.3 is 9.73 Å². The summed E-state index contributed by atoms with van der Waals surface area (Å²) in [6.07, 6.45) is 0. The highest BCUT2D eigenvalue weighted by molar-refractivity contribution is 6.31. The quantitative estimate of drug-likeness (QED) is 0.309. The molecule has 0 aliphatic carbocycles. The van der Waals surface area contributed by atoms with E-state index < -0.39 is 10.8 Å². The van der Waals surface area contributed by atoms with Crippen LogP contribution >= 0.6 is 11.6 Å². The van der Waals surface area contributed by atoms with E-state index in [0.717, 1.165) is 0 Å². The molecule has 0 radical (unpaired) electrons. The zero-order valence-corrected chi connectivity index (χ0v) is 17.4. The molecule has 0 atom stereocenters. The molecule has 0 saturated heterocycles. The smallest absolute Gasteiger partial charge is 0.322 e. The number of rotatable bonds is 6. The van der Waals surface area contributed by atoms with Crippen molar-refractivity contribution in [1.82, 2.24) is 10.2 Å². The Morgan fingerprint density at radius 1 is 0.879 bits per heavy atom. The number of anilines is 2. The zero-order chi connectivity index (χ0) is 23.4. The zero-order valence-electron chi connectivity index (χ0n) is 16.7. The first-order valence-corrected chi connectivity index (χ1v) is 9.83. The number of nitrogens with one attached hydrogen (secondary N) is 2. The van der Waals surface area contributed by atoms with Crippen LogP contribution in [0.3, 0.4) is 0 Å². The number of aromatic nitrogens is 2. The molecule has 0 fully saturated rings. The fraction of sp³-hybridized carbons (Fsp3) is 0. The maximum atomic E-state index is 12.5. The molecule has 4 aromatic rings. The minimum atomic E-state index is -0.517. The molecular weight excluding hydrogens is 450 g/mol. The third-order valence-corrected chi connectivity index (χ3v) is 4.70. The number of carbonyl (C=O) groups excluding carboxylic acids is 2. The van der Waals surface area contributed by atoms with E-state index in [1.165, 1.54) is 36.4 Å². The molecule has 10 nitrogen and oxygen atoms in total. The summed E-state index contributed by atoms with van der Waals surface area (Å²) < 4.78 is 5.41. The third-order valence-electron chi connectivity index (χ3n) is 4.46. The number of non-ortho nitro benzene ring substituents is 1. The Hall–Kier alpha value is -4.57. The van der Waals surface area contributed by atoms with Crippen LogP contribution in [0.25, 0.3) is 11.5 Å². The lowest BCUT2D eigenvalue weighted by atomic mass is 10.1. The highest BCUT2D eigenvalue weighted by Gasteiger charge is 2.14. The first kappa shape index (κ1) is 21.7. The second-order valence-electron chi connectivity index (χ2n) is 6.71. The van der Waals surface area contributed by atoms with Crippen LogP contribution in [-0.4, -0.2) is 26.9 Å². The van der Waals surface area contributed by atoms with E-state index in [1.807, 2.05) is 0 Å². The van der Waals surface area contributed by atoms with Gasteiger partial charge in [0.15, 0.2) is 0 Å². The molecule has 1 heterocycles. The van der Waals surface area contributed by atoms with Crippen molar-refractivity contribution in [2.75, 3.05) is 10.6 Å². The molecule has 0 bridgehead atoms. The van der Waals surface area contributed by atoms with Crippen LogP contribution < -0.4 is 10.6 Å². The Morgan fingerprint density at radius 3 is 2.24 bits per heavy atom. The maximum absolute atomic E-state index is 12.5. The third kappa shape index (κ3) is 5.20. The second-order valence-corrected chi connectivity index (χ2v) is 7.15. The number of nitro benzene ring substituents is 1. The summed E-state index contributed by atoms with van der Waals surface area (Å²) in [5.74, 6) is -0.736. The lowest BCUT2D eigenvalue weighted by Gasteiger charge is -2.07. The molecule has 33 heavy (non-hydrogen) atoms. The van der Waals surface area contributed by atoms with Gasteiger partial charge in [-0.05, 0) is 54.6 Å². The van der Waals surface area contributed by atoms with E-state index in [1.54, 1.807) is 36.4 Å². The van der Waals surface area contributed by atoms with Gasteiger partial charge in [-0.25, -0.2) is 0 Å². The van der Waals surface area contributed by atoms with E-state index in [4.69, 9.17) is 16.0 Å². The van der Waals surface area contributed by atoms with Gasteiger partial charge in [0, 0.05) is 39.5 Å². The highest BCUT2D eigenvalue weighted by atomic mass is 35.5. The molecule has 3 aromatic carbocycles. The molecule has 0 aliphatic heterocycles. The summed E-state index contributed by atoms with van der Waals surface area (Å²) in [6.45, 7) is 0. The number of hydrogen-bond donors (Lipinski definition) is 2. The first-order valence-electron chi connectivity index (χ1n) is 9.46. The van der Waals surface area contributed by atoms with Gasteiger partial charge >= 0.3 is 6.01 Å². The molecule has 164 valence electrons. The Kier molecular flexibility index (Phi) is 6.09. The van der Waals surface area contributed by atoms with Crippen LogP contribution in [0.15, 0.2) is 77.2 Å². The number of nitro groups is 1. The van der Waals surface area contributed by atoms with Gasteiger partial charge in [-0.3, -0.25) is 25.0 Å². The van der Waals surface area contributed by atoms with Crippen molar-refractivity contribution >= 4 is 40.8 Å². The Labute approximate surface area is 191 Å². The molecule has 2 amide bonds. The Morgan fingerprint density at radius 2 is 1.58 bits per heavy atom. The molecule has 4 rings (SSSR count). The average Bonchev–Trinajstić information content (AvgIpc) is 3.28. The lowest BCUT2D eigenvalue weighted by Crippen LogP contribution is -2.14. The number of benzene rings is 3. The topological polar surface area (TPSA) is 140 Å². The van der Waals surface area contributed by atoms with E-state index in [9.17, 15) is 19.7 Å². The van der Waals surface area contributed by atoms with Crippen LogP contribution in [0.4, 0.5) is 17.4 Å². The molecule has 1 aromatic heterocycles. The van der Waals surface area contributed by atoms with Crippen LogP contribution in [0, 0.1) is 10.1 Å². The molecule has 2 N–H and O–H groups in total. The molecule has 0 spiro atoms. The van der Waals surface area contributed by atoms with Crippen molar-refractivity contribution in [1.29, 1.82) is 0 Å². The van der Waals surface area contributed by atoms with Gasteiger partial charge in [-0.2, -0.15) is 0 Å². The normalized spacial score (nSPS) is 10.5. The standard InChI is InChI=1S/C22H14ClN5O5/c23-16-3-1-2-15(12-16)20(30)24-17-8-4-13(5-9-17)19(29)25-22-27-26-21(33-22)14-6-10-18(11-7-14)28(31)32/h1-12H,(H,24,30)(H,25,27,29). The minimum absolute atomic E-state index is 0.0704. The lowest BCUT2D eigenvalue weighted by molar-refractivity contribution is -0.384. The van der Waals surface area contributed by atoms with Crippen LogP contribution in [0.5, 0.6) is 0 Å². The SMILES string of the molecule is O=C(Nc1ccc(C(=O)Nc2nnc(-c3ccc([N+](=O)[O-])cc3)o2)cc1)c1cccc(Cl)c1. The van der Waals surface area contributed by atoms with E-state index >= 15 is 0 Å². The number of hydrogen-bond acceptors (Lipinski definition) is 7. The van der Waals surface area contributed by atoms with Crippen LogP contribution in [0.1, 0.15) is 20.7 Å². The van der Waals surface area contributed by atoms with Crippen LogP contribution in [0.2, 0.25) is 5.02 Å². The minimum Gasteiger partial charge on any atom is -0.403 e. The predicted molar refractivity (Wildman–Crippen MR) is 120 cm³/mol. The van der Waals surface area contributed by atoms with Gasteiger partial charge in [0.2, 0.25) is 5.89 Å². The molecule has 0 saturated carbocycles. The van der Waals surface area contributed by atoms with Gasteiger partial charge in [0.1, 0.15) is 0 Å². The fourth-order valence-electron chi connectivity index (χ4n) is 2.82. The molecule has 0 aliphatic rings. The van der Waals surface area contributed by atoms with Crippen molar-refractivity contribution in [3.63, 3.8) is 0 Å². The molecule has 11 heteroatoms. The van der Waals surface area contributed by atoms with Crippen LogP contribution in [-0.2, 0) is 0 Å². The summed E-state index contributed by atoms with van der Waals surface area (Å²) >= 11 is 5.90. The van der Waals surface area contributed by atoms with Gasteiger partial charge in [0.05, 0.1) is 4.92 Å². The highest BCUT2D eigenvalue weighted by Crippen LogP contribution is 2.23. The summed E-state index contributed by atoms with van der Waals surface area (Å²) in [5.41, 5.74) is 1.59. The van der Waals surface area contributed by atoms with Gasteiger partial charge in [-0.15, -0.1) is 5.10 Å². The Bertz CT molecular complexity index is 1340. The Balaban J connectivity index is 1.39. The van der Waals surface area contributed by atoms with Crippen molar-refractivity contribution in [3.8, 4) is 11.5 Å². The maximum Gasteiger partial charge on any atom is 0.322 e. The number of halogens is 1. The van der Waals surface area contributed by atoms with Crippen molar-refractivity contribution in [3.05, 3.63) is 99.1 Å². The number of nitrogens with zero attached hydrogens (tertiary/aromatic N) is 3. The van der Waals surface area contributed by atoms with Crippen molar-refractivity contribution < 1.29 is 18.9 Å². The molecular formula is C22H14ClN5O5. The molecule has 0 unspecified atom stereocenters. The summed E-state index contributed by atoms with van der Waals surface area (Å²) in [6, 6.07) is 18.2. The van der Waals surface area contributed by atoms with E-state index in [-0.39, 0.29) is 23.5 Å². The van der Waals surface area contributed by atoms with E-state index in [0.29, 0.717) is 27.4 Å². The van der Waals surface area contributed by atoms with E-state index in [2.05, 4.69) is 20.8 Å². The number of amides is 2. The van der Waals surface area contributed by atoms with Gasteiger partial charge in [-0.1, -0.05) is 22.8 Å². The summed E-state index contributed by atoms with van der Waals surface area (Å²) in [5, 5.41) is 24.0. The van der Waals surface area contributed by atoms with Crippen molar-refractivity contribution in [2.45, 2.75) is 0 Å². The van der Waals surface area contributed by atoms with Crippen molar-refractivity contribution in [2.24, 2.45) is 0 Å². The predicted octanol–water partition coefficient (Wildman–Crippen LogP) is 4.80. The number of carbonyl (C=O) groups is 2.